The van der Waals surface area contributed by atoms with Crippen molar-refractivity contribution in [1.29, 1.82) is 0 Å². The van der Waals surface area contributed by atoms with Crippen molar-refractivity contribution >= 4 is 11.6 Å². The molecule has 0 aliphatic heterocycles. The van der Waals surface area contributed by atoms with Crippen molar-refractivity contribution in [2.75, 3.05) is 11.9 Å². The fourth-order valence-electron chi connectivity index (χ4n) is 1.50. The van der Waals surface area contributed by atoms with Gasteiger partial charge in [-0.25, -0.2) is 0 Å². The van der Waals surface area contributed by atoms with Crippen molar-refractivity contribution in [1.82, 2.24) is 4.98 Å². The van der Waals surface area contributed by atoms with E-state index in [-0.39, 0.29) is 6.61 Å². The first-order valence-electron chi connectivity index (χ1n) is 5.61. The van der Waals surface area contributed by atoms with Gasteiger partial charge in [-0.2, -0.15) is 0 Å². The molecule has 0 radical (unpaired) electrons. The number of aromatic amines is 1. The molecule has 0 bridgehead atoms. The predicted octanol–water partition coefficient (Wildman–Crippen LogP) is 1.49. The molecule has 0 unspecified atom stereocenters. The minimum atomic E-state index is -0.482. The number of hydrogen-bond donors (Lipinski definition) is 3. The molecule has 1 aromatic heterocycles. The van der Waals surface area contributed by atoms with Crippen LogP contribution in [0.2, 0.25) is 0 Å². The lowest BCUT2D eigenvalue weighted by Gasteiger charge is -2.07. The lowest BCUT2D eigenvalue weighted by Crippen LogP contribution is -2.19. The van der Waals surface area contributed by atoms with E-state index in [9.17, 15) is 4.79 Å². The van der Waals surface area contributed by atoms with Gasteiger partial charge in [-0.3, -0.25) is 4.79 Å². The Morgan fingerprint density at radius 3 is 2.67 bits per heavy atom. The standard InChI is InChI=1S/C13H15N3O2/c14-13(17)9-18-12-3-1-11(2-4-12)16-8-10-5-6-15-7-10/h1-7,15-16H,8-9H2,(H2,14,17). The second-order valence-corrected chi connectivity index (χ2v) is 3.85. The van der Waals surface area contributed by atoms with Crippen LogP contribution < -0.4 is 15.8 Å². The Hall–Kier alpha value is -2.43. The first-order chi connectivity index (χ1) is 8.74. The zero-order valence-electron chi connectivity index (χ0n) is 9.85. The predicted molar refractivity (Wildman–Crippen MR) is 69.3 cm³/mol. The highest BCUT2D eigenvalue weighted by molar-refractivity contribution is 5.75. The molecule has 4 N–H and O–H groups in total. The van der Waals surface area contributed by atoms with Crippen LogP contribution in [0.5, 0.6) is 5.75 Å². The molecule has 0 atom stereocenters. The number of primary amides is 1. The number of carbonyl (C=O) groups is 1. The minimum Gasteiger partial charge on any atom is -0.484 e. The number of aromatic nitrogens is 1. The highest BCUT2D eigenvalue weighted by atomic mass is 16.5. The van der Waals surface area contributed by atoms with Gasteiger partial charge in [-0.1, -0.05) is 0 Å². The zero-order chi connectivity index (χ0) is 12.8. The molecule has 1 aromatic carbocycles. The Morgan fingerprint density at radius 2 is 2.06 bits per heavy atom. The number of anilines is 1. The third-order valence-corrected chi connectivity index (χ3v) is 2.39. The van der Waals surface area contributed by atoms with Crippen LogP contribution in [0.25, 0.3) is 0 Å². The molecule has 5 heteroatoms. The smallest absolute Gasteiger partial charge is 0.255 e. The minimum absolute atomic E-state index is 0.101. The van der Waals surface area contributed by atoms with Crippen LogP contribution >= 0.6 is 0 Å². The summed E-state index contributed by atoms with van der Waals surface area (Å²) in [5.74, 6) is 0.144. The Morgan fingerprint density at radius 1 is 1.28 bits per heavy atom. The van der Waals surface area contributed by atoms with Crippen LogP contribution in [0.4, 0.5) is 5.69 Å². The highest BCUT2D eigenvalue weighted by Gasteiger charge is 1.98. The van der Waals surface area contributed by atoms with Crippen molar-refractivity contribution in [2.24, 2.45) is 5.73 Å². The molecule has 1 heterocycles. The third kappa shape index (κ3) is 3.55. The van der Waals surface area contributed by atoms with E-state index in [1.165, 1.54) is 5.56 Å². The molecule has 0 aliphatic carbocycles. The number of hydrogen-bond acceptors (Lipinski definition) is 3. The van der Waals surface area contributed by atoms with E-state index >= 15 is 0 Å². The molecular weight excluding hydrogens is 230 g/mol. The molecule has 94 valence electrons. The number of ether oxygens (including phenoxy) is 1. The van der Waals surface area contributed by atoms with E-state index < -0.39 is 5.91 Å². The molecule has 18 heavy (non-hydrogen) atoms. The lowest BCUT2D eigenvalue weighted by molar-refractivity contribution is -0.119. The van der Waals surface area contributed by atoms with Crippen LogP contribution in [0.3, 0.4) is 0 Å². The number of carbonyl (C=O) groups excluding carboxylic acids is 1. The van der Waals surface area contributed by atoms with Gasteiger partial charge in [0.2, 0.25) is 0 Å². The molecule has 2 aromatic rings. The lowest BCUT2D eigenvalue weighted by atomic mass is 10.3. The Balaban J connectivity index is 1.85. The third-order valence-electron chi connectivity index (χ3n) is 2.39. The normalized spacial score (nSPS) is 10.0. The first kappa shape index (κ1) is 12.0. The van der Waals surface area contributed by atoms with Gasteiger partial charge in [-0.15, -0.1) is 0 Å². The second-order valence-electron chi connectivity index (χ2n) is 3.85. The first-order valence-corrected chi connectivity index (χ1v) is 5.61. The zero-order valence-corrected chi connectivity index (χ0v) is 9.85. The molecule has 5 nitrogen and oxygen atoms in total. The van der Waals surface area contributed by atoms with E-state index in [0.29, 0.717) is 5.75 Å². The van der Waals surface area contributed by atoms with Crippen LogP contribution in [-0.2, 0) is 11.3 Å². The van der Waals surface area contributed by atoms with Crippen LogP contribution in [0, 0.1) is 0 Å². The second kappa shape index (κ2) is 5.77. The van der Waals surface area contributed by atoms with E-state index in [0.717, 1.165) is 12.2 Å². The monoisotopic (exact) mass is 245 g/mol. The van der Waals surface area contributed by atoms with Crippen molar-refractivity contribution < 1.29 is 9.53 Å². The van der Waals surface area contributed by atoms with Crippen LogP contribution in [0.1, 0.15) is 5.56 Å². The van der Waals surface area contributed by atoms with Crippen molar-refractivity contribution in [3.05, 3.63) is 48.3 Å². The summed E-state index contributed by atoms with van der Waals surface area (Å²) in [6.45, 7) is 0.654. The van der Waals surface area contributed by atoms with Crippen LogP contribution in [-0.4, -0.2) is 17.5 Å². The van der Waals surface area contributed by atoms with Gasteiger partial charge in [0, 0.05) is 24.6 Å². The van der Waals surface area contributed by atoms with E-state index in [4.69, 9.17) is 10.5 Å². The highest BCUT2D eigenvalue weighted by Crippen LogP contribution is 2.16. The summed E-state index contributed by atoms with van der Waals surface area (Å²) < 4.78 is 5.17. The number of H-pyrrole nitrogens is 1. The fourth-order valence-corrected chi connectivity index (χ4v) is 1.50. The summed E-state index contributed by atoms with van der Waals surface area (Å²) >= 11 is 0. The Labute approximate surface area is 105 Å². The maximum Gasteiger partial charge on any atom is 0.255 e. The summed E-state index contributed by atoms with van der Waals surface area (Å²) in [5.41, 5.74) is 7.17. The number of benzene rings is 1. The van der Waals surface area contributed by atoms with E-state index in [2.05, 4.69) is 10.3 Å². The maximum absolute atomic E-state index is 10.6. The van der Waals surface area contributed by atoms with Crippen molar-refractivity contribution in [3.8, 4) is 5.75 Å². The molecular formula is C13H15N3O2. The number of amides is 1. The Kier molecular flexibility index (Phi) is 3.86. The van der Waals surface area contributed by atoms with Gasteiger partial charge >= 0.3 is 0 Å². The topological polar surface area (TPSA) is 80.1 Å². The SMILES string of the molecule is NC(=O)COc1ccc(NCc2cc[nH]c2)cc1. The summed E-state index contributed by atoms with van der Waals surface area (Å²) in [6, 6.07) is 9.38. The number of nitrogens with two attached hydrogens (primary N) is 1. The average molecular weight is 245 g/mol. The molecule has 0 saturated heterocycles. The quantitative estimate of drug-likeness (QED) is 0.721. The van der Waals surface area contributed by atoms with Gasteiger partial charge < -0.3 is 20.8 Å². The molecule has 2 rings (SSSR count). The van der Waals surface area contributed by atoms with Gasteiger partial charge in [0.15, 0.2) is 6.61 Å². The van der Waals surface area contributed by atoms with Crippen molar-refractivity contribution in [3.63, 3.8) is 0 Å². The Bertz CT molecular complexity index is 491. The summed E-state index contributed by atoms with van der Waals surface area (Å²) in [5, 5.41) is 3.27. The van der Waals surface area contributed by atoms with Gasteiger partial charge in [-0.05, 0) is 35.9 Å². The fraction of sp³-hybridized carbons (Fsp3) is 0.154. The maximum atomic E-state index is 10.6. The molecule has 0 saturated carbocycles. The summed E-state index contributed by atoms with van der Waals surface area (Å²) in [6.07, 6.45) is 3.83. The van der Waals surface area contributed by atoms with Gasteiger partial charge in [0.05, 0.1) is 0 Å². The van der Waals surface area contributed by atoms with Gasteiger partial charge in [0.1, 0.15) is 5.75 Å². The summed E-state index contributed by atoms with van der Waals surface area (Å²) in [4.78, 5) is 13.6. The molecule has 0 spiro atoms. The number of rotatable bonds is 6. The summed E-state index contributed by atoms with van der Waals surface area (Å²) in [7, 11) is 0. The van der Waals surface area contributed by atoms with E-state index in [1.54, 1.807) is 12.1 Å². The van der Waals surface area contributed by atoms with Crippen LogP contribution in [0.15, 0.2) is 42.7 Å². The average Bonchev–Trinajstić information content (AvgIpc) is 2.88. The molecule has 0 fully saturated rings. The largest absolute Gasteiger partial charge is 0.484 e. The molecule has 1 amide bonds. The number of nitrogens with one attached hydrogen (secondary N) is 2. The molecule has 0 aliphatic rings. The van der Waals surface area contributed by atoms with E-state index in [1.807, 2.05) is 30.6 Å². The van der Waals surface area contributed by atoms with Crippen molar-refractivity contribution in [2.45, 2.75) is 6.54 Å². The van der Waals surface area contributed by atoms with Gasteiger partial charge in [0.25, 0.3) is 5.91 Å².